The van der Waals surface area contributed by atoms with Crippen LogP contribution >= 0.6 is 15.9 Å². The molecular formula is C14H24BrN3O2. The van der Waals surface area contributed by atoms with E-state index in [1.807, 2.05) is 13.8 Å². The largest absolute Gasteiger partial charge is 0.350 e. The third-order valence-electron chi connectivity index (χ3n) is 3.62. The average Bonchev–Trinajstić information content (AvgIpc) is 2.95. The molecule has 1 aliphatic heterocycles. The van der Waals surface area contributed by atoms with Gasteiger partial charge in [-0.25, -0.2) is 4.79 Å². The zero-order chi connectivity index (χ0) is 15.1. The van der Waals surface area contributed by atoms with Gasteiger partial charge in [0.2, 0.25) is 5.91 Å². The van der Waals surface area contributed by atoms with Gasteiger partial charge in [-0.05, 0) is 18.8 Å². The topological polar surface area (TPSA) is 61.4 Å². The van der Waals surface area contributed by atoms with Gasteiger partial charge in [-0.3, -0.25) is 4.79 Å². The molecule has 1 heterocycles. The number of urea groups is 1. The van der Waals surface area contributed by atoms with Crippen LogP contribution < -0.4 is 10.6 Å². The smallest absolute Gasteiger partial charge is 0.318 e. The molecule has 1 saturated heterocycles. The van der Waals surface area contributed by atoms with E-state index < -0.39 is 6.04 Å². The first-order valence-electron chi connectivity index (χ1n) is 7.12. The first kappa shape index (κ1) is 17.0. The minimum Gasteiger partial charge on any atom is -0.350 e. The Kier molecular flexibility index (Phi) is 7.05. The zero-order valence-corrected chi connectivity index (χ0v) is 13.8. The second-order valence-electron chi connectivity index (χ2n) is 5.24. The molecule has 1 aliphatic rings. The quantitative estimate of drug-likeness (QED) is 0.775. The lowest BCUT2D eigenvalue weighted by molar-refractivity contribution is -0.123. The molecule has 0 saturated carbocycles. The molecule has 114 valence electrons. The van der Waals surface area contributed by atoms with Gasteiger partial charge >= 0.3 is 6.03 Å². The van der Waals surface area contributed by atoms with Crippen molar-refractivity contribution in [2.75, 3.05) is 19.6 Å². The second kappa shape index (κ2) is 8.29. The van der Waals surface area contributed by atoms with Crippen LogP contribution in [0.3, 0.4) is 0 Å². The normalized spacial score (nSPS) is 17.4. The van der Waals surface area contributed by atoms with E-state index in [-0.39, 0.29) is 17.9 Å². The molecule has 5 nitrogen and oxygen atoms in total. The number of hydrogen-bond donors (Lipinski definition) is 2. The van der Waals surface area contributed by atoms with Crippen LogP contribution in [0.25, 0.3) is 0 Å². The Morgan fingerprint density at radius 3 is 2.45 bits per heavy atom. The van der Waals surface area contributed by atoms with Crippen molar-refractivity contribution in [2.45, 2.75) is 39.2 Å². The number of amides is 3. The lowest BCUT2D eigenvalue weighted by atomic mass is 9.98. The van der Waals surface area contributed by atoms with Crippen LogP contribution in [0, 0.1) is 5.92 Å². The van der Waals surface area contributed by atoms with E-state index in [1.54, 1.807) is 4.90 Å². The molecule has 2 atom stereocenters. The molecule has 6 heteroatoms. The lowest BCUT2D eigenvalue weighted by Gasteiger charge is -2.26. The van der Waals surface area contributed by atoms with Gasteiger partial charge in [0, 0.05) is 24.1 Å². The number of carbonyl (C=O) groups excluding carboxylic acids is 2. The van der Waals surface area contributed by atoms with E-state index in [4.69, 9.17) is 0 Å². The highest BCUT2D eigenvalue weighted by Gasteiger charge is 2.28. The maximum Gasteiger partial charge on any atom is 0.318 e. The molecule has 1 fully saturated rings. The number of likely N-dealkylation sites (tertiary alicyclic amines) is 1. The summed E-state index contributed by atoms with van der Waals surface area (Å²) in [4.78, 5) is 26.1. The Balaban J connectivity index is 2.60. The van der Waals surface area contributed by atoms with Crippen LogP contribution in [0.15, 0.2) is 11.1 Å². The molecule has 0 aliphatic carbocycles. The summed E-state index contributed by atoms with van der Waals surface area (Å²) in [6.45, 7) is 9.58. The summed E-state index contributed by atoms with van der Waals surface area (Å²) in [5.41, 5.74) is 0. The van der Waals surface area contributed by atoms with E-state index in [0.717, 1.165) is 32.4 Å². The number of rotatable bonds is 6. The van der Waals surface area contributed by atoms with Gasteiger partial charge in [0.1, 0.15) is 6.04 Å². The Labute approximate surface area is 129 Å². The fourth-order valence-electron chi connectivity index (χ4n) is 2.14. The van der Waals surface area contributed by atoms with Crippen molar-refractivity contribution < 1.29 is 9.59 Å². The SMILES string of the molecule is C=C(Br)CNC(=O)[C@@H](NC(=O)N1CCCC1)C(C)CC. The standard InChI is InChI=1S/C14H24BrN3O2/c1-4-10(2)12(13(19)16-9-11(3)15)17-14(20)18-7-5-6-8-18/h10,12H,3-9H2,1-2H3,(H,16,19)(H,17,20)/t10?,12-/m0/s1. The van der Waals surface area contributed by atoms with Crippen LogP contribution in [0.2, 0.25) is 0 Å². The van der Waals surface area contributed by atoms with Crippen molar-refractivity contribution in [3.05, 3.63) is 11.1 Å². The summed E-state index contributed by atoms with van der Waals surface area (Å²) < 4.78 is 0.708. The van der Waals surface area contributed by atoms with Gasteiger partial charge in [-0.1, -0.05) is 42.8 Å². The molecule has 0 radical (unpaired) electrons. The molecule has 0 aromatic rings. The van der Waals surface area contributed by atoms with E-state index >= 15 is 0 Å². The molecule has 0 spiro atoms. The summed E-state index contributed by atoms with van der Waals surface area (Å²) in [5, 5.41) is 5.64. The van der Waals surface area contributed by atoms with Crippen molar-refractivity contribution in [1.82, 2.24) is 15.5 Å². The number of nitrogens with one attached hydrogen (secondary N) is 2. The molecule has 20 heavy (non-hydrogen) atoms. The van der Waals surface area contributed by atoms with Crippen molar-refractivity contribution in [3.63, 3.8) is 0 Å². The summed E-state index contributed by atoms with van der Waals surface area (Å²) in [6, 6.07) is -0.638. The van der Waals surface area contributed by atoms with Crippen LogP contribution in [0.4, 0.5) is 4.79 Å². The number of halogens is 1. The van der Waals surface area contributed by atoms with E-state index in [9.17, 15) is 9.59 Å². The average molecular weight is 346 g/mol. The Bertz CT molecular complexity index is 367. The molecular weight excluding hydrogens is 322 g/mol. The predicted molar refractivity (Wildman–Crippen MR) is 83.7 cm³/mol. The third-order valence-corrected chi connectivity index (χ3v) is 3.90. The first-order valence-corrected chi connectivity index (χ1v) is 7.91. The summed E-state index contributed by atoms with van der Waals surface area (Å²) in [6.07, 6.45) is 2.90. The van der Waals surface area contributed by atoms with Crippen LogP contribution in [0.1, 0.15) is 33.1 Å². The highest BCUT2D eigenvalue weighted by Crippen LogP contribution is 2.12. The van der Waals surface area contributed by atoms with Gasteiger partial charge in [0.15, 0.2) is 0 Å². The minimum atomic E-state index is -0.500. The van der Waals surface area contributed by atoms with Crippen LogP contribution in [-0.4, -0.2) is 42.5 Å². The van der Waals surface area contributed by atoms with Crippen LogP contribution in [0.5, 0.6) is 0 Å². The number of nitrogens with zero attached hydrogens (tertiary/aromatic N) is 1. The highest BCUT2D eigenvalue weighted by molar-refractivity contribution is 9.11. The van der Waals surface area contributed by atoms with Gasteiger partial charge < -0.3 is 15.5 Å². The number of hydrogen-bond acceptors (Lipinski definition) is 2. The fourth-order valence-corrected chi connectivity index (χ4v) is 2.28. The summed E-state index contributed by atoms with van der Waals surface area (Å²) >= 11 is 3.21. The summed E-state index contributed by atoms with van der Waals surface area (Å²) in [7, 11) is 0. The minimum absolute atomic E-state index is 0.0881. The van der Waals surface area contributed by atoms with Gasteiger partial charge in [0.05, 0.1) is 0 Å². The Morgan fingerprint density at radius 1 is 1.35 bits per heavy atom. The molecule has 0 aromatic carbocycles. The van der Waals surface area contributed by atoms with Crippen molar-refractivity contribution in [3.8, 4) is 0 Å². The predicted octanol–water partition coefficient (Wildman–Crippen LogP) is 2.23. The molecule has 1 unspecified atom stereocenters. The molecule has 1 rings (SSSR count). The highest BCUT2D eigenvalue weighted by atomic mass is 79.9. The van der Waals surface area contributed by atoms with E-state index in [1.165, 1.54) is 0 Å². The van der Waals surface area contributed by atoms with E-state index in [2.05, 4.69) is 33.1 Å². The Hall–Kier alpha value is -1.04. The van der Waals surface area contributed by atoms with E-state index in [0.29, 0.717) is 11.0 Å². The third kappa shape index (κ3) is 5.15. The first-order chi connectivity index (χ1) is 9.45. The molecule has 2 N–H and O–H groups in total. The zero-order valence-electron chi connectivity index (χ0n) is 12.2. The van der Waals surface area contributed by atoms with Gasteiger partial charge in [-0.15, -0.1) is 0 Å². The molecule has 3 amide bonds. The van der Waals surface area contributed by atoms with Gasteiger partial charge in [0.25, 0.3) is 0 Å². The second-order valence-corrected chi connectivity index (χ2v) is 6.36. The lowest BCUT2D eigenvalue weighted by Crippen LogP contribution is -2.53. The maximum atomic E-state index is 12.2. The van der Waals surface area contributed by atoms with Gasteiger partial charge in [-0.2, -0.15) is 0 Å². The van der Waals surface area contributed by atoms with Crippen molar-refractivity contribution >= 4 is 27.9 Å². The maximum absolute atomic E-state index is 12.2. The number of carbonyl (C=O) groups is 2. The monoisotopic (exact) mass is 345 g/mol. The van der Waals surface area contributed by atoms with Crippen molar-refractivity contribution in [2.24, 2.45) is 5.92 Å². The Morgan fingerprint density at radius 2 is 1.95 bits per heavy atom. The van der Waals surface area contributed by atoms with Crippen LogP contribution in [-0.2, 0) is 4.79 Å². The molecule has 0 bridgehead atoms. The fraction of sp³-hybridized carbons (Fsp3) is 0.714. The van der Waals surface area contributed by atoms with Crippen molar-refractivity contribution in [1.29, 1.82) is 0 Å². The molecule has 0 aromatic heterocycles. The summed E-state index contributed by atoms with van der Waals surface area (Å²) in [5.74, 6) is -0.0716.